The van der Waals surface area contributed by atoms with Gasteiger partial charge in [-0.2, -0.15) is 0 Å². The third kappa shape index (κ3) is 4.18. The highest BCUT2D eigenvalue weighted by molar-refractivity contribution is 5.42. The second-order valence-corrected chi connectivity index (χ2v) is 6.34. The molecule has 1 aliphatic rings. The summed E-state index contributed by atoms with van der Waals surface area (Å²) in [5.74, 6) is 0.956. The van der Waals surface area contributed by atoms with Crippen molar-refractivity contribution < 1.29 is 9.81 Å². The van der Waals surface area contributed by atoms with Gasteiger partial charge in [-0.15, -0.1) is 9.99 Å². The monoisotopic (exact) mass is 319 g/mol. The van der Waals surface area contributed by atoms with E-state index in [0.29, 0.717) is 17.3 Å². The summed E-state index contributed by atoms with van der Waals surface area (Å²) in [6, 6.07) is 0. The van der Waals surface area contributed by atoms with Crippen LogP contribution in [0, 0.1) is 11.8 Å². The van der Waals surface area contributed by atoms with Gasteiger partial charge in [0.05, 0.1) is 30.3 Å². The van der Waals surface area contributed by atoms with Gasteiger partial charge in [0.25, 0.3) is 5.82 Å². The van der Waals surface area contributed by atoms with E-state index in [1.54, 1.807) is 13.2 Å². The normalized spacial score (nSPS) is 18.7. The lowest BCUT2D eigenvalue weighted by Gasteiger charge is -2.26. The first kappa shape index (κ1) is 16.7. The summed E-state index contributed by atoms with van der Waals surface area (Å²) < 4.78 is 0. The van der Waals surface area contributed by atoms with E-state index in [-0.39, 0.29) is 17.5 Å². The van der Waals surface area contributed by atoms with Gasteiger partial charge in [0.2, 0.25) is 5.28 Å². The molecule has 2 heterocycles. The molecule has 9 heteroatoms. The van der Waals surface area contributed by atoms with Gasteiger partial charge in [-0.1, -0.05) is 6.57 Å². The Morgan fingerprint density at radius 2 is 2.22 bits per heavy atom. The molecule has 0 N–H and O–H groups in total. The highest BCUT2D eigenvalue weighted by Gasteiger charge is 2.28. The Bertz CT molecular complexity index is 603. The van der Waals surface area contributed by atoms with Crippen molar-refractivity contribution >= 4 is 11.6 Å². The van der Waals surface area contributed by atoms with E-state index >= 15 is 0 Å². The minimum absolute atomic E-state index is 0.179. The van der Waals surface area contributed by atoms with Crippen LogP contribution in [0.25, 0.3) is 4.85 Å². The van der Waals surface area contributed by atoms with E-state index in [4.69, 9.17) is 11.4 Å². The number of hydrazine groups is 1. The van der Waals surface area contributed by atoms with Crippen LogP contribution in [0.5, 0.6) is 0 Å². The molecule has 0 spiro atoms. The fourth-order valence-electron chi connectivity index (χ4n) is 1.98. The van der Waals surface area contributed by atoms with E-state index in [1.165, 1.54) is 11.2 Å². The predicted octanol–water partition coefficient (Wildman–Crippen LogP) is 2.15. The standard InChI is InChI=1S/C14H21N7O2/c1-14(2,3)19(5)21(22)18-23-11-6-7-20(10-11)13-9-16-12(15-4)8-17-13/h8-9,11H,6-7,10H2,1-3,5H3/b21-18-/t11-/m1/s1. The van der Waals surface area contributed by atoms with E-state index in [2.05, 4.69) is 20.1 Å². The zero-order valence-electron chi connectivity index (χ0n) is 13.8. The Labute approximate surface area is 135 Å². The molecule has 0 saturated carbocycles. The summed E-state index contributed by atoms with van der Waals surface area (Å²) in [4.78, 5) is 19.2. The van der Waals surface area contributed by atoms with Crippen molar-refractivity contribution in [2.45, 2.75) is 38.8 Å². The highest BCUT2D eigenvalue weighted by atomic mass is 16.7. The average molecular weight is 319 g/mol. The molecular weight excluding hydrogens is 298 g/mol. The van der Waals surface area contributed by atoms with Crippen LogP contribution in [0.15, 0.2) is 17.7 Å². The molecular formula is C14H21N7O2. The Hall–Kier alpha value is -2.63. The summed E-state index contributed by atoms with van der Waals surface area (Å²) in [5, 5.41) is 16.9. The van der Waals surface area contributed by atoms with Crippen molar-refractivity contribution in [3.8, 4) is 0 Å². The maximum absolute atomic E-state index is 11.9. The number of rotatable bonds is 4. The summed E-state index contributed by atoms with van der Waals surface area (Å²) in [5.41, 5.74) is -0.337. The van der Waals surface area contributed by atoms with Crippen LogP contribution in [0.2, 0.25) is 0 Å². The molecule has 124 valence electrons. The quantitative estimate of drug-likeness (QED) is 0.366. The summed E-state index contributed by atoms with van der Waals surface area (Å²) in [7, 11) is 1.66. The van der Waals surface area contributed by atoms with E-state index in [0.717, 1.165) is 13.0 Å². The SMILES string of the molecule is [C-]#[N+]c1cnc(N2CC[C@@H](O/N=[N+](\[O-])N(C)C(C)(C)C)C2)cn1. The number of hydrogen-bond acceptors (Lipinski definition) is 6. The molecule has 1 aromatic rings. The molecule has 1 atom stereocenters. The van der Waals surface area contributed by atoms with Crippen molar-refractivity contribution in [3.05, 3.63) is 29.0 Å². The number of nitrogens with zero attached hydrogens (tertiary/aromatic N) is 7. The molecule has 0 unspecified atom stereocenters. The topological polar surface area (TPSA) is 84.3 Å². The van der Waals surface area contributed by atoms with Crippen molar-refractivity contribution in [2.75, 3.05) is 25.0 Å². The Morgan fingerprint density at radius 1 is 1.48 bits per heavy atom. The van der Waals surface area contributed by atoms with Gasteiger partial charge in [-0.05, 0) is 20.8 Å². The van der Waals surface area contributed by atoms with Gasteiger partial charge in [-0.25, -0.2) is 4.98 Å². The maximum Gasteiger partial charge on any atom is 0.288 e. The molecule has 1 aliphatic heterocycles. The van der Waals surface area contributed by atoms with Gasteiger partial charge >= 0.3 is 0 Å². The average Bonchev–Trinajstić information content (AvgIpc) is 3.00. The minimum atomic E-state index is -0.337. The van der Waals surface area contributed by atoms with Crippen LogP contribution >= 0.6 is 0 Å². The minimum Gasteiger partial charge on any atom is -0.569 e. The second kappa shape index (κ2) is 6.64. The van der Waals surface area contributed by atoms with Gasteiger partial charge in [0.15, 0.2) is 18.1 Å². The molecule has 1 saturated heterocycles. The van der Waals surface area contributed by atoms with Crippen LogP contribution in [-0.4, -0.2) is 51.7 Å². The van der Waals surface area contributed by atoms with Crippen LogP contribution in [0.4, 0.5) is 11.6 Å². The third-order valence-corrected chi connectivity index (χ3v) is 3.70. The summed E-state index contributed by atoms with van der Waals surface area (Å²) in [6.45, 7) is 13.9. The zero-order chi connectivity index (χ0) is 17.0. The zero-order valence-corrected chi connectivity index (χ0v) is 13.8. The van der Waals surface area contributed by atoms with Crippen LogP contribution in [0.3, 0.4) is 0 Å². The molecule has 1 fully saturated rings. The van der Waals surface area contributed by atoms with Crippen LogP contribution < -0.4 is 4.90 Å². The number of aromatic nitrogens is 2. The smallest absolute Gasteiger partial charge is 0.288 e. The van der Waals surface area contributed by atoms with Crippen LogP contribution in [-0.2, 0) is 4.84 Å². The lowest BCUT2D eigenvalue weighted by Crippen LogP contribution is -2.42. The molecule has 0 amide bonds. The molecule has 0 bridgehead atoms. The van der Waals surface area contributed by atoms with Crippen molar-refractivity contribution in [1.29, 1.82) is 0 Å². The Balaban J connectivity index is 1.91. The van der Waals surface area contributed by atoms with Gasteiger partial charge in [0, 0.05) is 13.0 Å². The summed E-state index contributed by atoms with van der Waals surface area (Å²) in [6.07, 6.45) is 3.57. The van der Waals surface area contributed by atoms with Crippen molar-refractivity contribution in [3.63, 3.8) is 0 Å². The molecule has 9 nitrogen and oxygen atoms in total. The summed E-state index contributed by atoms with van der Waals surface area (Å²) >= 11 is 0. The van der Waals surface area contributed by atoms with E-state index in [9.17, 15) is 5.21 Å². The predicted molar refractivity (Wildman–Crippen MR) is 83.6 cm³/mol. The molecule has 1 aromatic heterocycles. The number of anilines is 1. The van der Waals surface area contributed by atoms with Crippen molar-refractivity contribution in [1.82, 2.24) is 15.0 Å². The number of hydrogen-bond donors (Lipinski definition) is 0. The van der Waals surface area contributed by atoms with Gasteiger partial charge in [-0.3, -0.25) is 0 Å². The van der Waals surface area contributed by atoms with Gasteiger partial charge < -0.3 is 19.8 Å². The molecule has 0 radical (unpaired) electrons. The van der Waals surface area contributed by atoms with E-state index in [1.807, 2.05) is 25.7 Å². The van der Waals surface area contributed by atoms with E-state index < -0.39 is 0 Å². The lowest BCUT2D eigenvalue weighted by molar-refractivity contribution is -0.720. The fourth-order valence-corrected chi connectivity index (χ4v) is 1.98. The molecule has 0 aromatic carbocycles. The first-order valence-electron chi connectivity index (χ1n) is 7.33. The molecule has 0 aliphatic carbocycles. The molecule has 23 heavy (non-hydrogen) atoms. The highest BCUT2D eigenvalue weighted by Crippen LogP contribution is 2.20. The third-order valence-electron chi connectivity index (χ3n) is 3.70. The fraction of sp³-hybridized carbons (Fsp3) is 0.643. The Kier molecular flexibility index (Phi) is 4.83. The first-order chi connectivity index (χ1) is 10.8. The van der Waals surface area contributed by atoms with Crippen molar-refractivity contribution in [2.24, 2.45) is 5.28 Å². The Morgan fingerprint density at radius 3 is 2.78 bits per heavy atom. The lowest BCUT2D eigenvalue weighted by atomic mass is 10.1. The van der Waals surface area contributed by atoms with Crippen LogP contribution in [0.1, 0.15) is 27.2 Å². The van der Waals surface area contributed by atoms with Gasteiger partial charge in [0.1, 0.15) is 0 Å². The largest absolute Gasteiger partial charge is 0.569 e. The first-order valence-corrected chi connectivity index (χ1v) is 7.33. The second-order valence-electron chi connectivity index (χ2n) is 6.34. The molecule has 2 rings (SSSR count). The maximum atomic E-state index is 11.9.